The number of carbonyl (C=O) groups is 2. The second-order valence-electron chi connectivity index (χ2n) is 4.95. The molecule has 3 rings (SSSR count). The number of fused-ring (bicyclic) bond motifs is 1. The van der Waals surface area contributed by atoms with Gasteiger partial charge in [-0.2, -0.15) is 0 Å². The topological polar surface area (TPSA) is 101 Å². The number of amides is 1. The molecule has 1 amide bonds. The number of carboxylic acid groups (broad SMARTS) is 1. The van der Waals surface area contributed by atoms with Crippen LogP contribution in [0.1, 0.15) is 25.9 Å². The van der Waals surface area contributed by atoms with E-state index in [0.29, 0.717) is 28.7 Å². The third kappa shape index (κ3) is 3.42. The number of ether oxygens (including phenoxy) is 2. The van der Waals surface area contributed by atoms with E-state index in [-0.39, 0.29) is 24.0 Å². The Morgan fingerprint density at radius 2 is 2.13 bits per heavy atom. The molecule has 1 aliphatic rings. The predicted octanol–water partition coefficient (Wildman–Crippen LogP) is 0.403. The number of carboxylic acids is 1. The summed E-state index contributed by atoms with van der Waals surface area (Å²) >= 11 is 0.963. The molecule has 2 heterocycles. The quantitative estimate of drug-likeness (QED) is 0.850. The molecule has 0 saturated heterocycles. The van der Waals surface area contributed by atoms with Gasteiger partial charge >= 0.3 is 0 Å². The molecule has 0 unspecified atom stereocenters. The maximum atomic E-state index is 11.9. The van der Waals surface area contributed by atoms with E-state index < -0.39 is 5.97 Å². The van der Waals surface area contributed by atoms with Crippen molar-refractivity contribution in [2.24, 2.45) is 0 Å². The Bertz CT molecular complexity index is 771. The van der Waals surface area contributed by atoms with Gasteiger partial charge in [0.15, 0.2) is 11.5 Å². The van der Waals surface area contributed by atoms with Gasteiger partial charge < -0.3 is 24.7 Å². The fourth-order valence-electron chi connectivity index (χ4n) is 2.17. The summed E-state index contributed by atoms with van der Waals surface area (Å²) in [4.78, 5) is 26.9. The minimum Gasteiger partial charge on any atom is -0.544 e. The number of aromatic nitrogens is 1. The summed E-state index contributed by atoms with van der Waals surface area (Å²) < 4.78 is 10.5. The highest BCUT2D eigenvalue weighted by atomic mass is 32.1. The zero-order valence-corrected chi connectivity index (χ0v) is 13.1. The van der Waals surface area contributed by atoms with Gasteiger partial charge in [0.1, 0.15) is 5.01 Å². The first kappa shape index (κ1) is 15.3. The van der Waals surface area contributed by atoms with Crippen molar-refractivity contribution in [2.45, 2.75) is 19.9 Å². The van der Waals surface area contributed by atoms with Crippen LogP contribution < -0.4 is 19.9 Å². The minimum absolute atomic E-state index is 0.0311. The molecule has 1 aliphatic heterocycles. The van der Waals surface area contributed by atoms with Crippen LogP contribution in [0.5, 0.6) is 11.5 Å². The van der Waals surface area contributed by atoms with E-state index in [1.807, 2.05) is 12.1 Å². The summed E-state index contributed by atoms with van der Waals surface area (Å²) in [5, 5.41) is 14.1. The van der Waals surface area contributed by atoms with Crippen molar-refractivity contribution in [3.05, 3.63) is 39.3 Å². The summed E-state index contributed by atoms with van der Waals surface area (Å²) in [6.45, 7) is 2.12. The van der Waals surface area contributed by atoms with Gasteiger partial charge in [-0.3, -0.25) is 4.79 Å². The maximum absolute atomic E-state index is 11.9. The molecule has 1 aromatic carbocycles. The van der Waals surface area contributed by atoms with Crippen LogP contribution in [0.25, 0.3) is 0 Å². The van der Waals surface area contributed by atoms with Crippen molar-refractivity contribution in [2.75, 3.05) is 6.79 Å². The Balaban J connectivity index is 1.57. The summed E-state index contributed by atoms with van der Waals surface area (Å²) in [6, 6.07) is 5.44. The van der Waals surface area contributed by atoms with Gasteiger partial charge in [0, 0.05) is 6.54 Å². The van der Waals surface area contributed by atoms with Crippen molar-refractivity contribution in [1.82, 2.24) is 10.3 Å². The van der Waals surface area contributed by atoms with Crippen molar-refractivity contribution < 1.29 is 24.2 Å². The molecular formula is C15H13N2O5S-. The smallest absolute Gasteiger partial charge is 0.231 e. The molecule has 0 atom stereocenters. The molecule has 7 nitrogen and oxygen atoms in total. The molecule has 0 saturated carbocycles. The van der Waals surface area contributed by atoms with Crippen LogP contribution in [0, 0.1) is 6.92 Å². The second-order valence-corrected chi connectivity index (χ2v) is 6.03. The highest BCUT2D eigenvalue weighted by Crippen LogP contribution is 2.32. The van der Waals surface area contributed by atoms with Gasteiger partial charge in [0.2, 0.25) is 12.7 Å². The SMILES string of the molecule is Cc1nc(CC(=O)NCc2ccc3c(c2)OCO3)sc1C(=O)[O-]. The summed E-state index contributed by atoms with van der Waals surface area (Å²) in [6.07, 6.45) is 0.0311. The van der Waals surface area contributed by atoms with Crippen LogP contribution in [-0.2, 0) is 17.8 Å². The van der Waals surface area contributed by atoms with Crippen LogP contribution in [0.2, 0.25) is 0 Å². The Kier molecular flexibility index (Phi) is 4.16. The van der Waals surface area contributed by atoms with Crippen molar-refractivity contribution in [3.8, 4) is 11.5 Å². The van der Waals surface area contributed by atoms with Crippen LogP contribution in [0.4, 0.5) is 0 Å². The lowest BCUT2D eigenvalue weighted by atomic mass is 10.2. The van der Waals surface area contributed by atoms with Gasteiger partial charge in [-0.05, 0) is 24.6 Å². The van der Waals surface area contributed by atoms with Gasteiger partial charge in [0.05, 0.1) is 23.0 Å². The largest absolute Gasteiger partial charge is 0.544 e. The molecule has 0 spiro atoms. The van der Waals surface area contributed by atoms with E-state index in [2.05, 4.69) is 10.3 Å². The molecule has 0 aliphatic carbocycles. The molecule has 120 valence electrons. The summed E-state index contributed by atoms with van der Waals surface area (Å²) in [5.41, 5.74) is 1.25. The van der Waals surface area contributed by atoms with E-state index in [1.54, 1.807) is 13.0 Å². The Labute approximate surface area is 135 Å². The lowest BCUT2D eigenvalue weighted by Crippen LogP contribution is -2.24. The van der Waals surface area contributed by atoms with Crippen molar-refractivity contribution in [1.29, 1.82) is 0 Å². The number of rotatable bonds is 5. The lowest BCUT2D eigenvalue weighted by Gasteiger charge is -2.05. The Hall–Kier alpha value is -2.61. The van der Waals surface area contributed by atoms with E-state index >= 15 is 0 Å². The van der Waals surface area contributed by atoms with E-state index in [9.17, 15) is 14.7 Å². The summed E-state index contributed by atoms with van der Waals surface area (Å²) in [5.74, 6) is -0.160. The predicted molar refractivity (Wildman–Crippen MR) is 79.3 cm³/mol. The molecule has 2 aromatic rings. The highest BCUT2D eigenvalue weighted by molar-refractivity contribution is 7.13. The van der Waals surface area contributed by atoms with E-state index in [1.165, 1.54) is 0 Å². The third-order valence-electron chi connectivity index (χ3n) is 3.26. The average molecular weight is 333 g/mol. The van der Waals surface area contributed by atoms with Crippen molar-refractivity contribution in [3.63, 3.8) is 0 Å². The molecule has 1 N–H and O–H groups in total. The third-order valence-corrected chi connectivity index (χ3v) is 4.40. The van der Waals surface area contributed by atoms with Crippen molar-refractivity contribution >= 4 is 23.2 Å². The summed E-state index contributed by atoms with van der Waals surface area (Å²) in [7, 11) is 0. The van der Waals surface area contributed by atoms with Crippen LogP contribution in [0.15, 0.2) is 18.2 Å². The highest BCUT2D eigenvalue weighted by Gasteiger charge is 2.14. The second kappa shape index (κ2) is 6.25. The lowest BCUT2D eigenvalue weighted by molar-refractivity contribution is -0.254. The zero-order valence-electron chi connectivity index (χ0n) is 12.3. The molecule has 0 fully saturated rings. The van der Waals surface area contributed by atoms with Gasteiger partial charge in [-0.25, -0.2) is 4.98 Å². The molecule has 0 radical (unpaired) electrons. The number of hydrogen-bond acceptors (Lipinski definition) is 7. The molecule has 23 heavy (non-hydrogen) atoms. The van der Waals surface area contributed by atoms with E-state index in [4.69, 9.17) is 9.47 Å². The fourth-order valence-corrected chi connectivity index (χ4v) is 3.07. The van der Waals surface area contributed by atoms with Crippen LogP contribution in [0.3, 0.4) is 0 Å². The molecule has 1 aromatic heterocycles. The number of hydrogen-bond donors (Lipinski definition) is 1. The maximum Gasteiger partial charge on any atom is 0.231 e. The number of nitrogens with one attached hydrogen (secondary N) is 1. The minimum atomic E-state index is -1.27. The van der Waals surface area contributed by atoms with E-state index in [0.717, 1.165) is 16.9 Å². The average Bonchev–Trinajstić information content (AvgIpc) is 3.10. The van der Waals surface area contributed by atoms with Gasteiger partial charge in [-0.1, -0.05) is 6.07 Å². The Morgan fingerprint density at radius 3 is 2.87 bits per heavy atom. The number of nitrogens with zero attached hydrogens (tertiary/aromatic N) is 1. The Morgan fingerprint density at radius 1 is 1.35 bits per heavy atom. The number of thiazole rings is 1. The first-order chi connectivity index (χ1) is 11.0. The van der Waals surface area contributed by atoms with Crippen LogP contribution in [-0.4, -0.2) is 23.7 Å². The fraction of sp³-hybridized carbons (Fsp3) is 0.267. The number of benzene rings is 1. The normalized spacial score (nSPS) is 12.2. The standard InChI is InChI=1S/C15H14N2O5S/c1-8-14(15(19)20)23-13(17-8)5-12(18)16-6-9-2-3-10-11(4-9)22-7-21-10/h2-4H,5-7H2,1H3,(H,16,18)(H,19,20)/p-1. The number of aryl methyl sites for hydroxylation is 1. The number of aromatic carboxylic acids is 1. The van der Waals surface area contributed by atoms with Crippen LogP contribution >= 0.6 is 11.3 Å². The van der Waals surface area contributed by atoms with Gasteiger partial charge in [-0.15, -0.1) is 11.3 Å². The first-order valence-electron chi connectivity index (χ1n) is 6.86. The zero-order chi connectivity index (χ0) is 16.4. The molecular weight excluding hydrogens is 320 g/mol. The monoisotopic (exact) mass is 333 g/mol. The molecule has 0 bridgehead atoms. The van der Waals surface area contributed by atoms with Gasteiger partial charge in [0.25, 0.3) is 0 Å². The number of carbonyl (C=O) groups excluding carboxylic acids is 2. The molecule has 8 heteroatoms. The first-order valence-corrected chi connectivity index (χ1v) is 7.67.